The highest BCUT2D eigenvalue weighted by atomic mass is 16.5. The monoisotopic (exact) mass is 349 g/mol. The molecule has 140 valence electrons. The van der Waals surface area contributed by atoms with Gasteiger partial charge in [0, 0.05) is 12.1 Å². The van der Waals surface area contributed by atoms with Crippen LogP contribution in [0.1, 0.15) is 45.6 Å². The van der Waals surface area contributed by atoms with Crippen LogP contribution in [-0.4, -0.2) is 33.3 Å². The summed E-state index contributed by atoms with van der Waals surface area (Å²) >= 11 is 0. The lowest BCUT2D eigenvalue weighted by molar-refractivity contribution is -0.117. The van der Waals surface area contributed by atoms with Crippen LogP contribution in [0.25, 0.3) is 6.08 Å². The van der Waals surface area contributed by atoms with Crippen LogP contribution >= 0.6 is 0 Å². The molecule has 0 aliphatic heterocycles. The first-order valence-corrected chi connectivity index (χ1v) is 8.69. The maximum Gasteiger partial charge on any atom is 0.244 e. The van der Waals surface area contributed by atoms with Crippen LogP contribution in [0.3, 0.4) is 0 Å². The maximum atomic E-state index is 12.1. The molecule has 5 heteroatoms. The number of benzene rings is 1. The van der Waals surface area contributed by atoms with Crippen molar-refractivity contribution in [2.45, 2.75) is 46.1 Å². The van der Waals surface area contributed by atoms with Crippen LogP contribution in [-0.2, 0) is 4.79 Å². The van der Waals surface area contributed by atoms with E-state index in [1.165, 1.54) is 12.5 Å². The van der Waals surface area contributed by atoms with E-state index in [9.17, 15) is 4.79 Å². The zero-order chi connectivity index (χ0) is 18.8. The highest BCUT2D eigenvalue weighted by Gasteiger charge is 2.12. The minimum atomic E-state index is -0.106. The third kappa shape index (κ3) is 7.08. The molecular formula is C20H31NO4. The molecule has 0 aliphatic carbocycles. The third-order valence-corrected chi connectivity index (χ3v) is 3.92. The molecule has 5 nitrogen and oxygen atoms in total. The summed E-state index contributed by atoms with van der Waals surface area (Å²) in [6, 6.07) is 3.77. The van der Waals surface area contributed by atoms with E-state index < -0.39 is 0 Å². The largest absolute Gasteiger partial charge is 0.493 e. The average molecular weight is 349 g/mol. The molecule has 0 unspecified atom stereocenters. The lowest BCUT2D eigenvalue weighted by Gasteiger charge is -2.14. The van der Waals surface area contributed by atoms with E-state index in [4.69, 9.17) is 14.2 Å². The number of nitrogens with one attached hydrogen (secondary N) is 1. The van der Waals surface area contributed by atoms with Crippen LogP contribution < -0.4 is 19.5 Å². The van der Waals surface area contributed by atoms with Crippen molar-refractivity contribution < 1.29 is 19.0 Å². The number of hydrogen-bond acceptors (Lipinski definition) is 4. The lowest BCUT2D eigenvalue weighted by Crippen LogP contribution is -2.31. The van der Waals surface area contributed by atoms with E-state index in [2.05, 4.69) is 19.2 Å². The summed E-state index contributed by atoms with van der Waals surface area (Å²) in [6.07, 6.45) is 6.55. The number of amides is 1. The summed E-state index contributed by atoms with van der Waals surface area (Å²) in [4.78, 5) is 12.1. The minimum absolute atomic E-state index is 0.106. The first-order valence-electron chi connectivity index (χ1n) is 8.69. The average Bonchev–Trinajstić information content (AvgIpc) is 2.58. The minimum Gasteiger partial charge on any atom is -0.493 e. The summed E-state index contributed by atoms with van der Waals surface area (Å²) in [7, 11) is 4.69. The Labute approximate surface area is 151 Å². The Morgan fingerprint density at radius 2 is 1.64 bits per heavy atom. The fraction of sp³-hybridized carbons (Fsp3) is 0.550. The van der Waals surface area contributed by atoms with Gasteiger partial charge >= 0.3 is 0 Å². The quantitative estimate of drug-likeness (QED) is 0.647. The van der Waals surface area contributed by atoms with Crippen LogP contribution in [0, 0.1) is 5.92 Å². The van der Waals surface area contributed by atoms with Crippen LogP contribution in [0.2, 0.25) is 0 Å². The van der Waals surface area contributed by atoms with E-state index >= 15 is 0 Å². The number of methoxy groups -OCH3 is 3. The van der Waals surface area contributed by atoms with Crippen molar-refractivity contribution in [1.82, 2.24) is 5.32 Å². The first-order chi connectivity index (χ1) is 11.9. The van der Waals surface area contributed by atoms with Crippen molar-refractivity contribution in [3.63, 3.8) is 0 Å². The molecule has 0 bridgehead atoms. The topological polar surface area (TPSA) is 56.8 Å². The second kappa shape index (κ2) is 10.6. The summed E-state index contributed by atoms with van der Waals surface area (Å²) in [5.74, 6) is 2.24. The van der Waals surface area contributed by atoms with Gasteiger partial charge in [-0.25, -0.2) is 0 Å². The normalized spacial score (nSPS) is 12.3. The van der Waals surface area contributed by atoms with Gasteiger partial charge in [-0.3, -0.25) is 4.79 Å². The smallest absolute Gasteiger partial charge is 0.244 e. The fourth-order valence-electron chi connectivity index (χ4n) is 2.56. The Hall–Kier alpha value is -2.17. The predicted octanol–water partition coefficient (Wildman–Crippen LogP) is 4.06. The number of carbonyl (C=O) groups excluding carboxylic acids is 1. The molecule has 0 radical (unpaired) electrons. The van der Waals surface area contributed by atoms with Crippen molar-refractivity contribution in [2.75, 3.05) is 21.3 Å². The first kappa shape index (κ1) is 20.9. The molecule has 1 rings (SSSR count). The van der Waals surface area contributed by atoms with E-state index in [1.54, 1.807) is 39.5 Å². The number of rotatable bonds is 10. The van der Waals surface area contributed by atoms with Gasteiger partial charge in [0.05, 0.1) is 21.3 Å². The van der Waals surface area contributed by atoms with E-state index in [0.29, 0.717) is 23.2 Å². The molecule has 1 atom stereocenters. The van der Waals surface area contributed by atoms with Crippen LogP contribution in [0.5, 0.6) is 17.2 Å². The van der Waals surface area contributed by atoms with Gasteiger partial charge in [0.1, 0.15) is 0 Å². The lowest BCUT2D eigenvalue weighted by atomic mass is 10.0. The molecule has 0 aromatic heterocycles. The molecule has 1 aromatic rings. The Bertz CT molecular complexity index is 556. The summed E-state index contributed by atoms with van der Waals surface area (Å²) in [6.45, 7) is 6.46. The van der Waals surface area contributed by atoms with E-state index in [1.807, 2.05) is 6.92 Å². The molecule has 1 N–H and O–H groups in total. The SMILES string of the molecule is COc1cc(/C=C/C(=O)N[C@H](C)CCCC(C)C)cc(OC)c1OC. The Kier molecular flexibility index (Phi) is 8.89. The summed E-state index contributed by atoms with van der Waals surface area (Å²) in [5.41, 5.74) is 0.803. The molecule has 0 fully saturated rings. The van der Waals surface area contributed by atoms with Crippen molar-refractivity contribution in [2.24, 2.45) is 5.92 Å². The third-order valence-electron chi connectivity index (χ3n) is 3.92. The van der Waals surface area contributed by atoms with E-state index in [-0.39, 0.29) is 11.9 Å². The highest BCUT2D eigenvalue weighted by molar-refractivity contribution is 5.92. The van der Waals surface area contributed by atoms with Gasteiger partial charge in [0.2, 0.25) is 11.7 Å². The Balaban J connectivity index is 2.69. The Morgan fingerprint density at radius 3 is 2.12 bits per heavy atom. The van der Waals surface area contributed by atoms with Crippen molar-refractivity contribution in [1.29, 1.82) is 0 Å². The zero-order valence-electron chi connectivity index (χ0n) is 16.2. The standard InChI is InChI=1S/C20H31NO4/c1-14(2)8-7-9-15(3)21-19(22)11-10-16-12-17(23-4)20(25-6)18(13-16)24-5/h10-15H,7-9H2,1-6H3,(H,21,22)/b11-10+/t15-/m1/s1. The van der Waals surface area contributed by atoms with Crippen molar-refractivity contribution >= 4 is 12.0 Å². The Morgan fingerprint density at radius 1 is 1.04 bits per heavy atom. The van der Waals surface area contributed by atoms with Gasteiger partial charge in [0.25, 0.3) is 0 Å². The molecule has 0 saturated carbocycles. The molecule has 0 saturated heterocycles. The van der Waals surface area contributed by atoms with Crippen molar-refractivity contribution in [3.05, 3.63) is 23.8 Å². The number of ether oxygens (including phenoxy) is 3. The predicted molar refractivity (Wildman–Crippen MR) is 101 cm³/mol. The zero-order valence-corrected chi connectivity index (χ0v) is 16.2. The number of hydrogen-bond donors (Lipinski definition) is 1. The van der Waals surface area contributed by atoms with Gasteiger partial charge < -0.3 is 19.5 Å². The van der Waals surface area contributed by atoms with Crippen LogP contribution in [0.15, 0.2) is 18.2 Å². The van der Waals surface area contributed by atoms with Crippen molar-refractivity contribution in [3.8, 4) is 17.2 Å². The van der Waals surface area contributed by atoms with Gasteiger partial charge in [-0.15, -0.1) is 0 Å². The molecule has 1 aromatic carbocycles. The van der Waals surface area contributed by atoms with Gasteiger partial charge in [0.15, 0.2) is 11.5 Å². The number of carbonyl (C=O) groups is 1. The second-order valence-corrected chi connectivity index (χ2v) is 6.53. The van der Waals surface area contributed by atoms with E-state index in [0.717, 1.165) is 18.4 Å². The maximum absolute atomic E-state index is 12.1. The molecule has 0 spiro atoms. The molecule has 0 heterocycles. The molecule has 0 aliphatic rings. The molecule has 1 amide bonds. The summed E-state index contributed by atoms with van der Waals surface area (Å²) < 4.78 is 15.9. The molecular weight excluding hydrogens is 318 g/mol. The highest BCUT2D eigenvalue weighted by Crippen LogP contribution is 2.38. The fourth-order valence-corrected chi connectivity index (χ4v) is 2.56. The van der Waals surface area contributed by atoms with Gasteiger partial charge in [-0.05, 0) is 43.0 Å². The molecule has 25 heavy (non-hydrogen) atoms. The van der Waals surface area contributed by atoms with Crippen LogP contribution in [0.4, 0.5) is 0 Å². The van der Waals surface area contributed by atoms with Gasteiger partial charge in [-0.1, -0.05) is 26.7 Å². The van der Waals surface area contributed by atoms with Gasteiger partial charge in [-0.2, -0.15) is 0 Å². The summed E-state index contributed by atoms with van der Waals surface area (Å²) in [5, 5.41) is 2.99. The second-order valence-electron chi connectivity index (χ2n) is 6.53.